The summed E-state index contributed by atoms with van der Waals surface area (Å²) in [6, 6.07) is 5.20. The molecule has 0 aromatic carbocycles. The second kappa shape index (κ2) is 5.19. The maximum Gasteiger partial charge on any atom is 0.255 e. The van der Waals surface area contributed by atoms with E-state index in [4.69, 9.17) is 9.84 Å². The van der Waals surface area contributed by atoms with Crippen LogP contribution in [0, 0.1) is 6.92 Å². The lowest BCUT2D eigenvalue weighted by molar-refractivity contribution is -0.0231. The zero-order valence-corrected chi connectivity index (χ0v) is 11.4. The fraction of sp³-hybridized carbons (Fsp3) is 0.429. The van der Waals surface area contributed by atoms with Crippen LogP contribution < -0.4 is 5.56 Å². The molecule has 1 aliphatic heterocycles. The summed E-state index contributed by atoms with van der Waals surface area (Å²) >= 11 is 0. The number of aromatic amines is 1. The third-order valence-electron chi connectivity index (χ3n) is 3.72. The Bertz CT molecular complexity index is 729. The van der Waals surface area contributed by atoms with Crippen LogP contribution in [0.1, 0.15) is 17.4 Å². The predicted octanol–water partition coefficient (Wildman–Crippen LogP) is -0.614. The summed E-state index contributed by atoms with van der Waals surface area (Å²) in [5.41, 5.74) is 1.00. The van der Waals surface area contributed by atoms with Gasteiger partial charge in [-0.05, 0) is 25.1 Å². The van der Waals surface area contributed by atoms with Crippen molar-refractivity contribution in [3.63, 3.8) is 0 Å². The van der Waals surface area contributed by atoms with E-state index >= 15 is 0 Å². The first-order valence-corrected chi connectivity index (χ1v) is 6.64. The molecular formula is C14H16N2O5. The topological polar surface area (TPSA) is 116 Å². The van der Waals surface area contributed by atoms with Crippen LogP contribution in [0.4, 0.5) is 0 Å². The number of ether oxygens (including phenoxy) is 1. The first-order chi connectivity index (χ1) is 10.0. The lowest BCUT2D eigenvalue weighted by Gasteiger charge is -2.14. The molecule has 0 aliphatic carbocycles. The Hall–Kier alpha value is -1.80. The number of nitrogens with zero attached hydrogens (tertiary/aromatic N) is 1. The minimum absolute atomic E-state index is 0.204. The summed E-state index contributed by atoms with van der Waals surface area (Å²) in [5, 5.41) is 29.6. The molecule has 0 amide bonds. The number of H-pyrrole nitrogens is 1. The van der Waals surface area contributed by atoms with E-state index < -0.39 is 36.6 Å². The third-order valence-corrected chi connectivity index (χ3v) is 3.72. The van der Waals surface area contributed by atoms with Crippen molar-refractivity contribution in [3.8, 4) is 0 Å². The summed E-state index contributed by atoms with van der Waals surface area (Å²) < 4.78 is 5.38. The molecule has 1 fully saturated rings. The summed E-state index contributed by atoms with van der Waals surface area (Å²) in [7, 11) is 0. The van der Waals surface area contributed by atoms with Gasteiger partial charge in [0.15, 0.2) is 0 Å². The highest BCUT2D eigenvalue weighted by Gasteiger charge is 2.44. The van der Waals surface area contributed by atoms with Crippen molar-refractivity contribution in [3.05, 3.63) is 39.8 Å². The molecule has 4 atom stereocenters. The minimum Gasteiger partial charge on any atom is -0.394 e. The number of aromatic nitrogens is 2. The van der Waals surface area contributed by atoms with E-state index in [1.54, 1.807) is 12.1 Å². The van der Waals surface area contributed by atoms with Crippen molar-refractivity contribution < 1.29 is 20.1 Å². The Morgan fingerprint density at radius 1 is 1.33 bits per heavy atom. The Labute approximate surface area is 119 Å². The summed E-state index contributed by atoms with van der Waals surface area (Å²) in [5.74, 6) is 0. The van der Waals surface area contributed by atoms with Gasteiger partial charge in [-0.2, -0.15) is 0 Å². The van der Waals surface area contributed by atoms with Crippen molar-refractivity contribution >= 4 is 11.0 Å². The first kappa shape index (κ1) is 14.2. The molecule has 1 aliphatic rings. The molecular weight excluding hydrogens is 276 g/mol. The van der Waals surface area contributed by atoms with Crippen LogP contribution in [0.5, 0.6) is 0 Å². The molecule has 3 heterocycles. The van der Waals surface area contributed by atoms with Gasteiger partial charge in [-0.3, -0.25) is 4.79 Å². The zero-order valence-electron chi connectivity index (χ0n) is 11.4. The number of fused-ring (bicyclic) bond motifs is 1. The van der Waals surface area contributed by atoms with Crippen LogP contribution in [-0.2, 0) is 4.74 Å². The van der Waals surface area contributed by atoms with Crippen LogP contribution in [0.2, 0.25) is 0 Å². The predicted molar refractivity (Wildman–Crippen MR) is 73.8 cm³/mol. The molecule has 0 bridgehead atoms. The molecule has 3 rings (SSSR count). The molecule has 4 unspecified atom stereocenters. The van der Waals surface area contributed by atoms with E-state index in [1.165, 1.54) is 0 Å². The zero-order chi connectivity index (χ0) is 15.1. The molecule has 21 heavy (non-hydrogen) atoms. The van der Waals surface area contributed by atoms with Crippen molar-refractivity contribution in [2.24, 2.45) is 0 Å². The SMILES string of the molecule is Cc1ccc2cc(C3OC(CO)C(O)C3O)c(=O)[nH]c2n1. The Morgan fingerprint density at radius 3 is 2.76 bits per heavy atom. The highest BCUT2D eigenvalue weighted by atomic mass is 16.6. The molecule has 4 N–H and O–H groups in total. The highest BCUT2D eigenvalue weighted by molar-refractivity contribution is 5.75. The highest BCUT2D eigenvalue weighted by Crippen LogP contribution is 2.32. The van der Waals surface area contributed by atoms with E-state index in [2.05, 4.69) is 9.97 Å². The standard InChI is InChI=1S/C14H16N2O5/c1-6-2-3-7-4-8(14(20)16-13(7)15-6)12-11(19)10(18)9(5-17)21-12/h2-4,9-12,17-19H,5H2,1H3,(H,15,16,20). The van der Waals surface area contributed by atoms with Crippen LogP contribution in [-0.4, -0.2) is 50.2 Å². The van der Waals surface area contributed by atoms with E-state index in [0.29, 0.717) is 11.0 Å². The average molecular weight is 292 g/mol. The quantitative estimate of drug-likeness (QED) is 0.586. The maximum atomic E-state index is 12.1. The molecule has 7 heteroatoms. The fourth-order valence-corrected chi connectivity index (χ4v) is 2.56. The second-order valence-corrected chi connectivity index (χ2v) is 5.20. The van der Waals surface area contributed by atoms with E-state index in [0.717, 1.165) is 5.69 Å². The number of hydrogen-bond acceptors (Lipinski definition) is 6. The molecule has 2 aromatic rings. The third kappa shape index (κ3) is 2.34. The van der Waals surface area contributed by atoms with Gasteiger partial charge in [-0.1, -0.05) is 0 Å². The van der Waals surface area contributed by atoms with E-state index in [9.17, 15) is 15.0 Å². The van der Waals surface area contributed by atoms with Gasteiger partial charge in [0.05, 0.1) is 6.61 Å². The summed E-state index contributed by atoms with van der Waals surface area (Å²) in [6.45, 7) is 1.39. The molecule has 2 aromatic heterocycles. The normalized spacial score (nSPS) is 29.1. The molecule has 0 radical (unpaired) electrons. The first-order valence-electron chi connectivity index (χ1n) is 6.64. The Morgan fingerprint density at radius 2 is 2.10 bits per heavy atom. The Kier molecular flexibility index (Phi) is 3.50. The summed E-state index contributed by atoms with van der Waals surface area (Å²) in [4.78, 5) is 19.0. The monoisotopic (exact) mass is 292 g/mol. The van der Waals surface area contributed by atoms with Crippen LogP contribution in [0.25, 0.3) is 11.0 Å². The maximum absolute atomic E-state index is 12.1. The Balaban J connectivity index is 2.07. The van der Waals surface area contributed by atoms with Gasteiger partial charge in [-0.15, -0.1) is 0 Å². The largest absolute Gasteiger partial charge is 0.394 e. The number of aliphatic hydroxyl groups excluding tert-OH is 3. The van der Waals surface area contributed by atoms with Gasteiger partial charge in [0.25, 0.3) is 5.56 Å². The number of aliphatic hydroxyl groups is 3. The van der Waals surface area contributed by atoms with Gasteiger partial charge in [0.1, 0.15) is 30.1 Å². The number of aryl methyl sites for hydroxylation is 1. The van der Waals surface area contributed by atoms with Crippen LogP contribution in [0.3, 0.4) is 0 Å². The van der Waals surface area contributed by atoms with Crippen molar-refractivity contribution in [2.45, 2.75) is 31.3 Å². The minimum atomic E-state index is -1.26. The lowest BCUT2D eigenvalue weighted by Crippen LogP contribution is -2.33. The lowest BCUT2D eigenvalue weighted by atomic mass is 10.0. The van der Waals surface area contributed by atoms with Gasteiger partial charge in [-0.25, -0.2) is 4.98 Å². The second-order valence-electron chi connectivity index (χ2n) is 5.20. The van der Waals surface area contributed by atoms with E-state index in [-0.39, 0.29) is 5.56 Å². The smallest absolute Gasteiger partial charge is 0.255 e. The average Bonchev–Trinajstić information content (AvgIpc) is 2.74. The molecule has 0 saturated carbocycles. The summed E-state index contributed by atoms with van der Waals surface area (Å²) in [6.07, 6.45) is -4.38. The van der Waals surface area contributed by atoms with E-state index in [1.807, 2.05) is 13.0 Å². The molecule has 0 spiro atoms. The van der Waals surface area contributed by atoms with Gasteiger partial charge >= 0.3 is 0 Å². The number of hydrogen-bond donors (Lipinski definition) is 4. The van der Waals surface area contributed by atoms with Crippen molar-refractivity contribution in [1.29, 1.82) is 0 Å². The van der Waals surface area contributed by atoms with Gasteiger partial charge in [0, 0.05) is 16.6 Å². The van der Waals surface area contributed by atoms with Crippen LogP contribution >= 0.6 is 0 Å². The van der Waals surface area contributed by atoms with Gasteiger partial charge in [0.2, 0.25) is 0 Å². The van der Waals surface area contributed by atoms with Gasteiger partial charge < -0.3 is 25.0 Å². The fourth-order valence-electron chi connectivity index (χ4n) is 2.56. The number of rotatable bonds is 2. The molecule has 112 valence electrons. The molecule has 7 nitrogen and oxygen atoms in total. The number of pyridine rings is 2. The molecule has 1 saturated heterocycles. The number of nitrogens with one attached hydrogen (secondary N) is 1. The van der Waals surface area contributed by atoms with Crippen molar-refractivity contribution in [2.75, 3.05) is 6.61 Å². The van der Waals surface area contributed by atoms with Crippen molar-refractivity contribution in [1.82, 2.24) is 9.97 Å². The van der Waals surface area contributed by atoms with Crippen LogP contribution in [0.15, 0.2) is 23.0 Å².